The summed E-state index contributed by atoms with van der Waals surface area (Å²) in [6.07, 6.45) is 3.57. The SMILES string of the molecule is BrC(c1ccc2c3c(cccc13)CC2)C1CCOC1. The Hall–Kier alpha value is -0.860. The molecular weight excluding hydrogens is 300 g/mol. The summed E-state index contributed by atoms with van der Waals surface area (Å²) >= 11 is 3.92. The predicted molar refractivity (Wildman–Crippen MR) is 82.0 cm³/mol. The second-order valence-corrected chi connectivity index (χ2v) is 6.67. The standard InChI is InChI=1S/C17H17BrO/c18-17(13-8-9-19-10-13)15-7-6-12-5-4-11-2-1-3-14(15)16(11)12/h1-3,6-7,13,17H,4-5,8-10H2. The molecule has 0 spiro atoms. The number of hydrogen-bond donors (Lipinski definition) is 0. The van der Waals surface area contributed by atoms with Crippen LogP contribution in [0.25, 0.3) is 10.8 Å². The highest BCUT2D eigenvalue weighted by molar-refractivity contribution is 9.09. The van der Waals surface area contributed by atoms with Crippen LogP contribution < -0.4 is 0 Å². The quantitative estimate of drug-likeness (QED) is 0.746. The van der Waals surface area contributed by atoms with Crippen molar-refractivity contribution in [2.45, 2.75) is 24.1 Å². The Morgan fingerprint density at radius 2 is 1.95 bits per heavy atom. The molecule has 0 saturated carbocycles. The van der Waals surface area contributed by atoms with Crippen LogP contribution in [0, 0.1) is 5.92 Å². The molecule has 0 aromatic heterocycles. The van der Waals surface area contributed by atoms with E-state index in [0.29, 0.717) is 10.7 Å². The van der Waals surface area contributed by atoms with Crippen LogP contribution in [-0.2, 0) is 17.6 Å². The van der Waals surface area contributed by atoms with E-state index in [4.69, 9.17) is 4.74 Å². The Labute approximate surface area is 122 Å². The van der Waals surface area contributed by atoms with Crippen LogP contribution in [0.3, 0.4) is 0 Å². The van der Waals surface area contributed by atoms with Crippen LogP contribution in [0.2, 0.25) is 0 Å². The molecule has 1 saturated heterocycles. The Balaban J connectivity index is 1.87. The topological polar surface area (TPSA) is 9.23 Å². The summed E-state index contributed by atoms with van der Waals surface area (Å²) in [7, 11) is 0. The molecule has 98 valence electrons. The summed E-state index contributed by atoms with van der Waals surface area (Å²) in [5.41, 5.74) is 4.49. The van der Waals surface area contributed by atoms with E-state index in [1.807, 2.05) is 0 Å². The lowest BCUT2D eigenvalue weighted by Gasteiger charge is -2.19. The van der Waals surface area contributed by atoms with E-state index in [-0.39, 0.29) is 0 Å². The fourth-order valence-electron chi connectivity index (χ4n) is 3.55. The van der Waals surface area contributed by atoms with E-state index in [0.717, 1.165) is 13.2 Å². The fraction of sp³-hybridized carbons (Fsp3) is 0.412. The maximum atomic E-state index is 5.54. The zero-order chi connectivity index (χ0) is 12.8. The van der Waals surface area contributed by atoms with Gasteiger partial charge >= 0.3 is 0 Å². The Morgan fingerprint density at radius 1 is 1.11 bits per heavy atom. The molecule has 2 heteroatoms. The second kappa shape index (κ2) is 4.60. The molecule has 0 radical (unpaired) electrons. The lowest BCUT2D eigenvalue weighted by atomic mass is 9.92. The Kier molecular flexibility index (Phi) is 2.89. The van der Waals surface area contributed by atoms with Crippen molar-refractivity contribution in [1.29, 1.82) is 0 Å². The predicted octanol–water partition coefficient (Wildman–Crippen LogP) is 4.41. The summed E-state index contributed by atoms with van der Waals surface area (Å²) in [5, 5.41) is 2.96. The molecule has 19 heavy (non-hydrogen) atoms. The molecule has 2 aliphatic rings. The molecule has 1 fully saturated rings. The average molecular weight is 317 g/mol. The minimum atomic E-state index is 0.417. The molecule has 2 aromatic carbocycles. The Bertz CT molecular complexity index is 618. The molecule has 1 heterocycles. The third-order valence-electron chi connectivity index (χ3n) is 4.59. The molecule has 2 aromatic rings. The lowest BCUT2D eigenvalue weighted by Crippen LogP contribution is -2.07. The first-order valence-electron chi connectivity index (χ1n) is 7.10. The summed E-state index contributed by atoms with van der Waals surface area (Å²) in [6.45, 7) is 1.80. The number of hydrogen-bond acceptors (Lipinski definition) is 1. The van der Waals surface area contributed by atoms with Crippen molar-refractivity contribution in [3.63, 3.8) is 0 Å². The molecular formula is C17H17BrO. The van der Waals surface area contributed by atoms with Crippen molar-refractivity contribution >= 4 is 26.7 Å². The van der Waals surface area contributed by atoms with Gasteiger partial charge < -0.3 is 4.74 Å². The second-order valence-electron chi connectivity index (χ2n) is 5.68. The van der Waals surface area contributed by atoms with Crippen molar-refractivity contribution < 1.29 is 4.74 Å². The van der Waals surface area contributed by atoms with Crippen LogP contribution >= 0.6 is 15.9 Å². The van der Waals surface area contributed by atoms with Gasteiger partial charge in [-0.2, -0.15) is 0 Å². The monoisotopic (exact) mass is 316 g/mol. The van der Waals surface area contributed by atoms with Crippen LogP contribution in [0.4, 0.5) is 0 Å². The molecule has 1 aliphatic carbocycles. The van der Waals surface area contributed by atoms with E-state index in [1.54, 1.807) is 0 Å². The van der Waals surface area contributed by atoms with Crippen molar-refractivity contribution in [1.82, 2.24) is 0 Å². The number of benzene rings is 2. The van der Waals surface area contributed by atoms with Gasteiger partial charge in [0.25, 0.3) is 0 Å². The van der Waals surface area contributed by atoms with Gasteiger partial charge in [-0.1, -0.05) is 46.3 Å². The van der Waals surface area contributed by atoms with Gasteiger partial charge in [0.2, 0.25) is 0 Å². The minimum absolute atomic E-state index is 0.417. The number of ether oxygens (including phenoxy) is 1. The molecule has 0 N–H and O–H groups in total. The smallest absolute Gasteiger partial charge is 0.0509 e. The lowest BCUT2D eigenvalue weighted by molar-refractivity contribution is 0.185. The maximum absolute atomic E-state index is 5.54. The van der Waals surface area contributed by atoms with Gasteiger partial charge in [-0.15, -0.1) is 0 Å². The number of aryl methyl sites for hydroxylation is 2. The van der Waals surface area contributed by atoms with Gasteiger partial charge in [0.05, 0.1) is 6.61 Å². The first-order valence-corrected chi connectivity index (χ1v) is 8.01. The van der Waals surface area contributed by atoms with Crippen LogP contribution in [-0.4, -0.2) is 13.2 Å². The largest absolute Gasteiger partial charge is 0.381 e. The zero-order valence-electron chi connectivity index (χ0n) is 10.9. The van der Waals surface area contributed by atoms with Crippen molar-refractivity contribution in [3.8, 4) is 0 Å². The Morgan fingerprint density at radius 3 is 2.74 bits per heavy atom. The highest BCUT2D eigenvalue weighted by Crippen LogP contribution is 2.42. The average Bonchev–Trinajstić information content (AvgIpc) is 3.09. The van der Waals surface area contributed by atoms with Gasteiger partial charge in [0.1, 0.15) is 0 Å². The van der Waals surface area contributed by atoms with E-state index >= 15 is 0 Å². The molecule has 2 atom stereocenters. The van der Waals surface area contributed by atoms with E-state index in [9.17, 15) is 0 Å². The number of halogens is 1. The molecule has 4 rings (SSSR count). The number of rotatable bonds is 2. The highest BCUT2D eigenvalue weighted by Gasteiger charge is 2.27. The molecule has 0 amide bonds. The van der Waals surface area contributed by atoms with Crippen molar-refractivity contribution in [2.75, 3.05) is 13.2 Å². The summed E-state index contributed by atoms with van der Waals surface area (Å²) < 4.78 is 5.54. The summed E-state index contributed by atoms with van der Waals surface area (Å²) in [4.78, 5) is 0.417. The van der Waals surface area contributed by atoms with Crippen molar-refractivity contribution in [2.24, 2.45) is 5.92 Å². The minimum Gasteiger partial charge on any atom is -0.381 e. The van der Waals surface area contributed by atoms with Gasteiger partial charge in [0, 0.05) is 17.4 Å². The summed E-state index contributed by atoms with van der Waals surface area (Å²) in [6, 6.07) is 11.4. The normalized spacial score (nSPS) is 23.1. The molecule has 2 unspecified atom stereocenters. The first kappa shape index (κ1) is 11.9. The van der Waals surface area contributed by atoms with E-state index in [2.05, 4.69) is 46.3 Å². The number of alkyl halides is 1. The maximum Gasteiger partial charge on any atom is 0.0509 e. The van der Waals surface area contributed by atoms with Crippen molar-refractivity contribution in [3.05, 3.63) is 47.0 Å². The molecule has 1 aliphatic heterocycles. The van der Waals surface area contributed by atoms with Crippen LogP contribution in [0.15, 0.2) is 30.3 Å². The van der Waals surface area contributed by atoms with Gasteiger partial charge in [-0.05, 0) is 46.7 Å². The van der Waals surface area contributed by atoms with Gasteiger partial charge in [-0.25, -0.2) is 0 Å². The third kappa shape index (κ3) is 1.85. The van der Waals surface area contributed by atoms with Crippen LogP contribution in [0.1, 0.15) is 27.9 Å². The third-order valence-corrected chi connectivity index (χ3v) is 5.83. The summed E-state index contributed by atoms with van der Waals surface area (Å²) in [5.74, 6) is 0.610. The van der Waals surface area contributed by atoms with Crippen LogP contribution in [0.5, 0.6) is 0 Å². The molecule has 1 nitrogen and oxygen atoms in total. The zero-order valence-corrected chi connectivity index (χ0v) is 12.4. The fourth-order valence-corrected chi connectivity index (χ4v) is 4.36. The van der Waals surface area contributed by atoms with E-state index < -0.39 is 0 Å². The molecule has 0 bridgehead atoms. The first-order chi connectivity index (χ1) is 9.34. The highest BCUT2D eigenvalue weighted by atomic mass is 79.9. The van der Waals surface area contributed by atoms with Gasteiger partial charge in [0.15, 0.2) is 0 Å². The van der Waals surface area contributed by atoms with Gasteiger partial charge in [-0.3, -0.25) is 0 Å². The van der Waals surface area contributed by atoms with E-state index in [1.165, 1.54) is 46.7 Å².